The number of hydrogen-bond donors (Lipinski definition) is 0. The van der Waals surface area contributed by atoms with Gasteiger partial charge in [-0.05, 0) is 84.9 Å². The predicted molar refractivity (Wildman–Crippen MR) is 244 cm³/mol. The molecule has 6 aromatic rings. The van der Waals surface area contributed by atoms with Crippen molar-refractivity contribution in [1.82, 2.24) is 18.9 Å². The molecule has 70 heavy (non-hydrogen) atoms. The lowest BCUT2D eigenvalue weighted by atomic mass is 9.86. The smallest absolute Gasteiger partial charge is 0.419 e. The monoisotopic (exact) mass is 1010 g/mol. The SMILES string of the molecule is COc1cc(C(=O)N2CCC3(CC2)Oc2cc(Cl)ccc2-n2c(C=O)ccc23)ccc1C(F)(F)F.[C-]#[N+]c1ccc2n1-c1ccc(Cl)cc1OC21CCN(C(=O)c2ccc(C(F)(F)F)c(OC)c2)CC1. The molecule has 0 bridgehead atoms. The van der Waals surface area contributed by atoms with Gasteiger partial charge in [0.25, 0.3) is 11.8 Å². The maximum Gasteiger partial charge on any atom is 0.419 e. The number of rotatable bonds is 5. The first kappa shape index (κ1) is 47.9. The first-order valence-electron chi connectivity index (χ1n) is 21.7. The number of piperidine rings is 2. The molecular weight excluding hydrogens is 967 g/mol. The van der Waals surface area contributed by atoms with Gasteiger partial charge < -0.3 is 38.2 Å². The topological polar surface area (TPSA) is 109 Å². The van der Waals surface area contributed by atoms with Crippen molar-refractivity contribution in [2.24, 2.45) is 0 Å². The molecule has 4 aliphatic heterocycles. The Morgan fingerprint density at radius 2 is 1.06 bits per heavy atom. The van der Waals surface area contributed by atoms with Gasteiger partial charge in [0.2, 0.25) is 5.82 Å². The predicted octanol–water partition coefficient (Wildman–Crippen LogP) is 11.7. The number of aromatic nitrogens is 2. The highest BCUT2D eigenvalue weighted by Crippen LogP contribution is 2.50. The van der Waals surface area contributed by atoms with Crippen LogP contribution in [0.1, 0.15) is 79.4 Å². The van der Waals surface area contributed by atoms with Crippen molar-refractivity contribution in [2.45, 2.75) is 49.2 Å². The molecule has 0 saturated carbocycles. The fourth-order valence-corrected chi connectivity index (χ4v) is 9.99. The van der Waals surface area contributed by atoms with Gasteiger partial charge in [-0.3, -0.25) is 19.0 Å². The van der Waals surface area contributed by atoms with Crippen molar-refractivity contribution in [1.29, 1.82) is 0 Å². The molecule has 4 aromatic carbocycles. The fraction of sp³-hybridized carbons (Fsp3) is 0.280. The maximum atomic E-state index is 13.2. The van der Waals surface area contributed by atoms with E-state index in [1.165, 1.54) is 6.07 Å². The number of benzene rings is 4. The third kappa shape index (κ3) is 8.44. The Morgan fingerprint density at radius 3 is 1.47 bits per heavy atom. The van der Waals surface area contributed by atoms with Crippen LogP contribution in [0.15, 0.2) is 97.1 Å². The highest BCUT2D eigenvalue weighted by molar-refractivity contribution is 6.31. The molecular formula is C50H39Cl2F6N5O7. The molecule has 0 unspecified atom stereocenters. The molecule has 0 aliphatic carbocycles. The minimum atomic E-state index is -4.59. The maximum absolute atomic E-state index is 13.2. The summed E-state index contributed by atoms with van der Waals surface area (Å²) in [6.45, 7) is 8.80. The second-order valence-electron chi connectivity index (χ2n) is 16.9. The number of halogens is 8. The van der Waals surface area contributed by atoms with Crippen LogP contribution < -0.4 is 18.9 Å². The number of amides is 2. The standard InChI is InChI=1S/C25H19ClF3N3O3.C25H20ClF3N2O4/c1-30-22-8-7-21-24(35-20-14-16(26)4-6-18(20)32(21)22)9-11-31(12-10-24)23(33)15-3-5-17(25(27,28)29)19(13-15)34-2;1-34-20-12-15(2-5-18(20)25(27,28)29)23(33)30-10-8-24(9-11-30)22-7-4-17(14-32)31(22)19-6-3-16(26)13-21(19)35-24/h3-8,13-14H,9-12H2,2H3;2-7,12-14H,8-11H2,1H3. The van der Waals surface area contributed by atoms with Crippen molar-refractivity contribution >= 4 is 47.1 Å². The summed E-state index contributed by atoms with van der Waals surface area (Å²) in [7, 11) is 2.27. The number of fused-ring (bicyclic) bond motifs is 8. The van der Waals surface area contributed by atoms with Gasteiger partial charge in [0.1, 0.15) is 22.9 Å². The molecule has 2 fully saturated rings. The summed E-state index contributed by atoms with van der Waals surface area (Å²) in [5, 5.41) is 0.994. The van der Waals surface area contributed by atoms with Crippen LogP contribution in [0.3, 0.4) is 0 Å². The normalized spacial score (nSPS) is 16.2. The lowest BCUT2D eigenvalue weighted by Crippen LogP contribution is -2.50. The summed E-state index contributed by atoms with van der Waals surface area (Å²) in [5.41, 5.74) is 0.334. The first-order valence-corrected chi connectivity index (χ1v) is 22.4. The Morgan fingerprint density at radius 1 is 0.629 bits per heavy atom. The summed E-state index contributed by atoms with van der Waals surface area (Å²) in [6, 6.07) is 23.9. The quantitative estimate of drug-likeness (QED) is 0.0961. The van der Waals surface area contributed by atoms with E-state index >= 15 is 0 Å². The molecule has 20 heteroatoms. The van der Waals surface area contributed by atoms with Gasteiger partial charge in [-0.2, -0.15) is 26.3 Å². The lowest BCUT2D eigenvalue weighted by Gasteiger charge is -2.45. The highest BCUT2D eigenvalue weighted by atomic mass is 35.5. The molecule has 4 aliphatic rings. The molecule has 0 atom stereocenters. The number of carbonyl (C=O) groups is 3. The number of ether oxygens (including phenoxy) is 4. The zero-order valence-corrected chi connectivity index (χ0v) is 38.6. The van der Waals surface area contributed by atoms with E-state index in [9.17, 15) is 40.7 Å². The van der Waals surface area contributed by atoms with Crippen LogP contribution in [0.5, 0.6) is 23.0 Å². The Hall–Kier alpha value is -7.10. The van der Waals surface area contributed by atoms with E-state index in [1.54, 1.807) is 58.3 Å². The van der Waals surface area contributed by atoms with Gasteiger partial charge in [-0.15, -0.1) is 0 Å². The van der Waals surface area contributed by atoms with E-state index in [0.29, 0.717) is 90.6 Å². The summed E-state index contributed by atoms with van der Waals surface area (Å²) in [5.74, 6) is -0.0412. The van der Waals surface area contributed by atoms with Gasteiger partial charge in [0, 0.05) is 85.2 Å². The average Bonchev–Trinajstić information content (AvgIpc) is 4.00. The molecule has 10 rings (SSSR count). The number of carbonyl (C=O) groups excluding carboxylic acids is 3. The van der Waals surface area contributed by atoms with Crippen molar-refractivity contribution in [2.75, 3.05) is 40.4 Å². The average molecular weight is 1010 g/mol. The van der Waals surface area contributed by atoms with E-state index in [4.69, 9.17) is 48.7 Å². The number of alkyl halides is 6. The van der Waals surface area contributed by atoms with Gasteiger partial charge in [-0.25, -0.2) is 0 Å². The minimum absolute atomic E-state index is 0.110. The number of nitrogens with zero attached hydrogens (tertiary/aromatic N) is 5. The van der Waals surface area contributed by atoms with E-state index in [0.717, 1.165) is 67.9 Å². The Kier molecular flexibility index (Phi) is 12.3. The zero-order valence-electron chi connectivity index (χ0n) is 37.1. The Balaban J connectivity index is 0.000000174. The molecule has 0 radical (unpaired) electrons. The van der Waals surface area contributed by atoms with Crippen LogP contribution in [-0.4, -0.2) is 77.4 Å². The summed E-state index contributed by atoms with van der Waals surface area (Å²) >= 11 is 12.4. The number of likely N-dealkylation sites (tertiary alicyclic amines) is 2. The lowest BCUT2D eigenvalue weighted by molar-refractivity contribution is -0.139. The molecule has 2 spiro atoms. The van der Waals surface area contributed by atoms with Crippen LogP contribution in [0, 0.1) is 6.57 Å². The summed E-state index contributed by atoms with van der Waals surface area (Å²) in [6.07, 6.45) is -6.68. The molecule has 0 N–H and O–H groups in total. The molecule has 2 saturated heterocycles. The highest BCUT2D eigenvalue weighted by Gasteiger charge is 2.49. The van der Waals surface area contributed by atoms with Crippen LogP contribution in [0.25, 0.3) is 16.2 Å². The van der Waals surface area contributed by atoms with Gasteiger partial charge in [-0.1, -0.05) is 29.8 Å². The third-order valence-electron chi connectivity index (χ3n) is 13.1. The minimum Gasteiger partial charge on any atom is -0.496 e. The summed E-state index contributed by atoms with van der Waals surface area (Å²) in [4.78, 5) is 44.8. The van der Waals surface area contributed by atoms with E-state index in [2.05, 4.69) is 4.85 Å². The largest absolute Gasteiger partial charge is 0.496 e. The second-order valence-corrected chi connectivity index (χ2v) is 17.8. The summed E-state index contributed by atoms with van der Waals surface area (Å²) < 4.78 is 105. The van der Waals surface area contributed by atoms with Gasteiger partial charge >= 0.3 is 12.4 Å². The first-order chi connectivity index (χ1) is 33.3. The fourth-order valence-electron chi connectivity index (χ4n) is 9.67. The van der Waals surface area contributed by atoms with E-state index in [-0.39, 0.29) is 17.0 Å². The van der Waals surface area contributed by atoms with Crippen molar-refractivity contribution < 1.29 is 59.7 Å². The van der Waals surface area contributed by atoms with Crippen LogP contribution in [-0.2, 0) is 23.6 Å². The molecule has 2 amide bonds. The van der Waals surface area contributed by atoms with E-state index in [1.807, 2.05) is 21.3 Å². The Bertz CT molecular complexity index is 3110. The van der Waals surface area contributed by atoms with Crippen LogP contribution in [0.4, 0.5) is 32.2 Å². The Labute approximate surface area is 406 Å². The molecule has 362 valence electrons. The van der Waals surface area contributed by atoms with Crippen molar-refractivity contribution in [3.8, 4) is 34.4 Å². The molecule has 2 aromatic heterocycles. The zero-order chi connectivity index (χ0) is 49.9. The molecule has 6 heterocycles. The third-order valence-corrected chi connectivity index (χ3v) is 13.6. The number of aldehydes is 1. The van der Waals surface area contributed by atoms with Gasteiger partial charge in [0.15, 0.2) is 28.9 Å². The van der Waals surface area contributed by atoms with E-state index < -0.39 is 52.1 Å². The van der Waals surface area contributed by atoms with Crippen molar-refractivity contribution in [3.05, 3.63) is 158 Å². The number of hydrogen-bond acceptors (Lipinski definition) is 7. The molecule has 12 nitrogen and oxygen atoms in total. The second kappa shape index (κ2) is 18.0. The van der Waals surface area contributed by atoms with Crippen LogP contribution in [0.2, 0.25) is 10.0 Å². The van der Waals surface area contributed by atoms with Crippen LogP contribution >= 0.6 is 23.2 Å². The van der Waals surface area contributed by atoms with Crippen molar-refractivity contribution in [3.63, 3.8) is 0 Å². The number of methoxy groups -OCH3 is 2. The van der Waals surface area contributed by atoms with Gasteiger partial charge in [0.05, 0.1) is 42.4 Å².